The molecule has 19 heavy (non-hydrogen) atoms. The minimum Gasteiger partial charge on any atom is -0.481 e. The van der Waals surface area contributed by atoms with Gasteiger partial charge in [0.1, 0.15) is 5.75 Å². The number of rotatable bonds is 4. The number of nitrogens with zero attached hydrogens (tertiary/aromatic N) is 2. The van der Waals surface area contributed by atoms with Crippen LogP contribution in [0.3, 0.4) is 0 Å². The smallest absolute Gasteiger partial charge is 0.335 e. The summed E-state index contributed by atoms with van der Waals surface area (Å²) in [5, 5.41) is 8.94. The van der Waals surface area contributed by atoms with Crippen LogP contribution in [0, 0.1) is 6.92 Å². The van der Waals surface area contributed by atoms with Crippen LogP contribution in [0.15, 0.2) is 30.5 Å². The first-order chi connectivity index (χ1) is 9.10. The Hall–Kier alpha value is -2.63. The van der Waals surface area contributed by atoms with Gasteiger partial charge in [-0.05, 0) is 24.6 Å². The van der Waals surface area contributed by atoms with Crippen molar-refractivity contribution in [3.8, 4) is 17.6 Å². The topological polar surface area (TPSA) is 81.5 Å². The van der Waals surface area contributed by atoms with Gasteiger partial charge in [-0.25, -0.2) is 9.78 Å². The van der Waals surface area contributed by atoms with Gasteiger partial charge in [-0.2, -0.15) is 4.98 Å². The first-order valence-corrected chi connectivity index (χ1v) is 5.49. The lowest BCUT2D eigenvalue weighted by Crippen LogP contribution is -1.99. The van der Waals surface area contributed by atoms with Crippen molar-refractivity contribution >= 4 is 5.97 Å². The van der Waals surface area contributed by atoms with Crippen LogP contribution < -0.4 is 9.47 Å². The summed E-state index contributed by atoms with van der Waals surface area (Å²) in [6, 6.07) is 6.30. The van der Waals surface area contributed by atoms with Gasteiger partial charge in [0.05, 0.1) is 12.7 Å². The minimum absolute atomic E-state index is 0.102. The first-order valence-electron chi connectivity index (χ1n) is 5.49. The summed E-state index contributed by atoms with van der Waals surface area (Å²) in [6.45, 7) is 1.81. The van der Waals surface area contributed by atoms with E-state index in [-0.39, 0.29) is 11.6 Å². The molecule has 2 rings (SSSR count). The zero-order chi connectivity index (χ0) is 13.8. The van der Waals surface area contributed by atoms with Crippen LogP contribution in [0.25, 0.3) is 0 Å². The molecule has 1 aromatic heterocycles. The van der Waals surface area contributed by atoms with E-state index in [0.29, 0.717) is 11.6 Å². The van der Waals surface area contributed by atoms with Gasteiger partial charge in [0.25, 0.3) is 0 Å². The predicted molar refractivity (Wildman–Crippen MR) is 66.8 cm³/mol. The largest absolute Gasteiger partial charge is 0.481 e. The van der Waals surface area contributed by atoms with Gasteiger partial charge in [-0.15, -0.1) is 0 Å². The van der Waals surface area contributed by atoms with Crippen molar-refractivity contribution in [1.82, 2.24) is 9.97 Å². The molecule has 0 radical (unpaired) electrons. The van der Waals surface area contributed by atoms with Crippen LogP contribution in [-0.2, 0) is 0 Å². The monoisotopic (exact) mass is 260 g/mol. The van der Waals surface area contributed by atoms with Crippen LogP contribution in [0.1, 0.15) is 15.9 Å². The van der Waals surface area contributed by atoms with Crippen LogP contribution in [-0.4, -0.2) is 28.2 Å². The van der Waals surface area contributed by atoms with Crippen LogP contribution in [0.4, 0.5) is 0 Å². The number of carboxylic acids is 1. The van der Waals surface area contributed by atoms with E-state index < -0.39 is 5.97 Å². The van der Waals surface area contributed by atoms with Gasteiger partial charge < -0.3 is 14.6 Å². The highest BCUT2D eigenvalue weighted by Gasteiger charge is 2.09. The van der Waals surface area contributed by atoms with E-state index in [1.54, 1.807) is 19.1 Å². The Morgan fingerprint density at radius 3 is 2.79 bits per heavy atom. The second kappa shape index (κ2) is 5.34. The average Bonchev–Trinajstić information content (AvgIpc) is 2.41. The molecule has 6 heteroatoms. The zero-order valence-corrected chi connectivity index (χ0v) is 10.5. The molecule has 0 atom stereocenters. The van der Waals surface area contributed by atoms with E-state index in [1.165, 1.54) is 25.4 Å². The predicted octanol–water partition coefficient (Wildman–Crippen LogP) is 2.28. The van der Waals surface area contributed by atoms with Gasteiger partial charge in [-0.3, -0.25) is 0 Å². The molecule has 0 aliphatic carbocycles. The second-order valence-corrected chi connectivity index (χ2v) is 3.77. The molecule has 0 aliphatic heterocycles. The van der Waals surface area contributed by atoms with Crippen LogP contribution in [0.5, 0.6) is 17.6 Å². The lowest BCUT2D eigenvalue weighted by molar-refractivity contribution is 0.0696. The van der Waals surface area contributed by atoms with Gasteiger partial charge in [0.2, 0.25) is 5.88 Å². The summed E-state index contributed by atoms with van der Waals surface area (Å²) in [5.74, 6) is -0.249. The molecule has 0 aliphatic rings. The SMILES string of the molecule is COc1ccnc(Oc2cc(C(=O)O)ccc2C)n1. The third-order valence-electron chi connectivity index (χ3n) is 2.45. The number of benzene rings is 1. The van der Waals surface area contributed by atoms with Crippen molar-refractivity contribution in [2.75, 3.05) is 7.11 Å². The Balaban J connectivity index is 2.31. The summed E-state index contributed by atoms with van der Waals surface area (Å²) in [4.78, 5) is 18.8. The molecule has 1 N–H and O–H groups in total. The fourth-order valence-electron chi connectivity index (χ4n) is 1.43. The van der Waals surface area contributed by atoms with Crippen molar-refractivity contribution in [3.63, 3.8) is 0 Å². The number of carbonyl (C=O) groups is 1. The van der Waals surface area contributed by atoms with E-state index in [4.69, 9.17) is 14.6 Å². The summed E-state index contributed by atoms with van der Waals surface area (Å²) < 4.78 is 10.4. The Morgan fingerprint density at radius 1 is 1.32 bits per heavy atom. The molecule has 1 aromatic carbocycles. The molecule has 0 spiro atoms. The van der Waals surface area contributed by atoms with E-state index in [1.807, 2.05) is 0 Å². The van der Waals surface area contributed by atoms with Gasteiger partial charge >= 0.3 is 12.0 Å². The van der Waals surface area contributed by atoms with Gasteiger partial charge in [0.15, 0.2) is 0 Å². The van der Waals surface area contributed by atoms with Crippen molar-refractivity contribution in [3.05, 3.63) is 41.6 Å². The molecule has 0 saturated carbocycles. The van der Waals surface area contributed by atoms with Crippen LogP contribution >= 0.6 is 0 Å². The van der Waals surface area contributed by atoms with E-state index in [2.05, 4.69) is 9.97 Å². The van der Waals surface area contributed by atoms with Crippen LogP contribution in [0.2, 0.25) is 0 Å². The number of aromatic carboxylic acids is 1. The molecule has 1 heterocycles. The maximum absolute atomic E-state index is 10.9. The van der Waals surface area contributed by atoms with Crippen molar-refractivity contribution in [2.24, 2.45) is 0 Å². The highest BCUT2D eigenvalue weighted by Crippen LogP contribution is 2.24. The number of aryl methyl sites for hydroxylation is 1. The normalized spacial score (nSPS) is 10.0. The summed E-state index contributed by atoms with van der Waals surface area (Å²) in [7, 11) is 1.49. The standard InChI is InChI=1S/C13H12N2O4/c1-8-3-4-9(12(16)17)7-10(8)19-13-14-6-5-11(15-13)18-2/h3-7H,1-2H3,(H,16,17). The summed E-state index contributed by atoms with van der Waals surface area (Å²) in [5.41, 5.74) is 0.930. The number of aromatic nitrogens is 2. The molecule has 0 saturated heterocycles. The number of carboxylic acid groups (broad SMARTS) is 1. The Morgan fingerprint density at radius 2 is 2.11 bits per heavy atom. The average molecular weight is 260 g/mol. The lowest BCUT2D eigenvalue weighted by atomic mass is 10.1. The number of hydrogen-bond donors (Lipinski definition) is 1. The fraction of sp³-hybridized carbons (Fsp3) is 0.154. The molecule has 6 nitrogen and oxygen atoms in total. The quantitative estimate of drug-likeness (QED) is 0.908. The van der Waals surface area contributed by atoms with E-state index >= 15 is 0 Å². The second-order valence-electron chi connectivity index (χ2n) is 3.77. The number of ether oxygens (including phenoxy) is 2. The molecule has 2 aromatic rings. The van der Waals surface area contributed by atoms with Gasteiger partial charge in [0, 0.05) is 12.3 Å². The highest BCUT2D eigenvalue weighted by atomic mass is 16.5. The Labute approximate surface area is 109 Å². The fourth-order valence-corrected chi connectivity index (χ4v) is 1.43. The number of hydrogen-bond acceptors (Lipinski definition) is 5. The highest BCUT2D eigenvalue weighted by molar-refractivity contribution is 5.88. The summed E-state index contributed by atoms with van der Waals surface area (Å²) in [6.07, 6.45) is 1.50. The first kappa shape index (κ1) is 12.8. The lowest BCUT2D eigenvalue weighted by Gasteiger charge is -2.08. The maximum Gasteiger partial charge on any atom is 0.335 e. The van der Waals surface area contributed by atoms with Crippen molar-refractivity contribution < 1.29 is 19.4 Å². The molecular formula is C13H12N2O4. The third kappa shape index (κ3) is 2.98. The van der Waals surface area contributed by atoms with Crippen molar-refractivity contribution in [1.29, 1.82) is 0 Å². The molecule has 0 fully saturated rings. The Bertz CT molecular complexity index is 613. The maximum atomic E-state index is 10.9. The molecular weight excluding hydrogens is 248 g/mol. The minimum atomic E-state index is -1.02. The summed E-state index contributed by atoms with van der Waals surface area (Å²) >= 11 is 0. The third-order valence-corrected chi connectivity index (χ3v) is 2.45. The number of methoxy groups -OCH3 is 1. The van der Waals surface area contributed by atoms with E-state index in [9.17, 15) is 4.79 Å². The Kier molecular flexibility index (Phi) is 3.61. The molecule has 0 unspecified atom stereocenters. The molecule has 0 amide bonds. The zero-order valence-electron chi connectivity index (χ0n) is 10.5. The van der Waals surface area contributed by atoms with Gasteiger partial charge in [-0.1, -0.05) is 6.07 Å². The van der Waals surface area contributed by atoms with Crippen molar-refractivity contribution in [2.45, 2.75) is 6.92 Å². The molecule has 98 valence electrons. The molecule has 0 bridgehead atoms. The van der Waals surface area contributed by atoms with E-state index in [0.717, 1.165) is 5.56 Å².